The maximum atomic E-state index is 13.7. The van der Waals surface area contributed by atoms with Gasteiger partial charge in [-0.1, -0.05) is 6.07 Å². The topological polar surface area (TPSA) is 45.7 Å². The maximum absolute atomic E-state index is 13.7. The van der Waals surface area contributed by atoms with E-state index < -0.39 is 12.1 Å². The van der Waals surface area contributed by atoms with Gasteiger partial charge in [-0.15, -0.1) is 24.0 Å². The van der Waals surface area contributed by atoms with Crippen LogP contribution < -0.4 is 10.6 Å². The second kappa shape index (κ2) is 11.8. The second-order valence-electron chi connectivity index (χ2n) is 6.79. The predicted molar refractivity (Wildman–Crippen MR) is 112 cm³/mol. The summed E-state index contributed by atoms with van der Waals surface area (Å²) in [6.45, 7) is 3.09. The quantitative estimate of drug-likeness (QED) is 0.248. The van der Waals surface area contributed by atoms with E-state index in [0.29, 0.717) is 37.5 Å². The third-order valence-electron chi connectivity index (χ3n) is 4.70. The van der Waals surface area contributed by atoms with Crippen LogP contribution in [0, 0.1) is 11.7 Å². The van der Waals surface area contributed by atoms with Crippen molar-refractivity contribution in [3.63, 3.8) is 0 Å². The molecule has 2 N–H and O–H groups in total. The van der Waals surface area contributed by atoms with E-state index >= 15 is 0 Å². The third-order valence-corrected chi connectivity index (χ3v) is 4.70. The zero-order valence-corrected chi connectivity index (χ0v) is 18.4. The SMILES string of the molecule is CCNC(=NCc1ccc(F)c(COC)c1)NC1CCC(C(F)(F)F)CC1.I. The molecule has 0 aromatic heterocycles. The largest absolute Gasteiger partial charge is 0.391 e. The highest BCUT2D eigenvalue weighted by molar-refractivity contribution is 14.0. The Bertz CT molecular complexity index is 632. The molecule has 1 aromatic carbocycles. The minimum absolute atomic E-state index is 0. The van der Waals surface area contributed by atoms with Crippen molar-refractivity contribution in [3.05, 3.63) is 35.1 Å². The van der Waals surface area contributed by atoms with Gasteiger partial charge in [0.25, 0.3) is 0 Å². The van der Waals surface area contributed by atoms with Gasteiger partial charge < -0.3 is 15.4 Å². The summed E-state index contributed by atoms with van der Waals surface area (Å²) < 4.78 is 57.0. The van der Waals surface area contributed by atoms with E-state index in [4.69, 9.17) is 4.74 Å². The number of nitrogens with zero attached hydrogens (tertiary/aromatic N) is 1. The summed E-state index contributed by atoms with van der Waals surface area (Å²) in [7, 11) is 1.50. The highest BCUT2D eigenvalue weighted by Crippen LogP contribution is 2.37. The molecule has 0 amide bonds. The van der Waals surface area contributed by atoms with Gasteiger partial charge in [0, 0.05) is 25.3 Å². The molecule has 1 aromatic rings. The van der Waals surface area contributed by atoms with Crippen LogP contribution in [-0.4, -0.2) is 31.8 Å². The smallest absolute Gasteiger partial charge is 0.380 e. The zero-order valence-electron chi connectivity index (χ0n) is 16.1. The van der Waals surface area contributed by atoms with Gasteiger partial charge in [-0.3, -0.25) is 0 Å². The molecule has 9 heteroatoms. The van der Waals surface area contributed by atoms with E-state index in [2.05, 4.69) is 15.6 Å². The lowest BCUT2D eigenvalue weighted by atomic mass is 9.85. The summed E-state index contributed by atoms with van der Waals surface area (Å²) in [5, 5.41) is 6.33. The third kappa shape index (κ3) is 7.73. The highest BCUT2D eigenvalue weighted by Gasteiger charge is 2.41. The predicted octanol–water partition coefficient (Wildman–Crippen LogP) is 4.77. The van der Waals surface area contributed by atoms with E-state index in [9.17, 15) is 17.6 Å². The Kier molecular flexibility index (Phi) is 10.5. The van der Waals surface area contributed by atoms with Gasteiger partial charge >= 0.3 is 6.18 Å². The molecule has 0 spiro atoms. The molecule has 1 fully saturated rings. The molecule has 4 nitrogen and oxygen atoms in total. The number of hydrogen-bond donors (Lipinski definition) is 2. The van der Waals surface area contributed by atoms with Crippen LogP contribution in [0.5, 0.6) is 0 Å². The van der Waals surface area contributed by atoms with Crippen LogP contribution in [0.15, 0.2) is 23.2 Å². The van der Waals surface area contributed by atoms with Crippen LogP contribution in [-0.2, 0) is 17.9 Å². The standard InChI is InChI=1S/C19H27F4N3O.HI/c1-3-24-18(26-16-7-5-15(6-8-16)19(21,22)23)25-11-13-4-9-17(20)14(10-13)12-27-2;/h4,9-10,15-16H,3,5-8,11-12H2,1-2H3,(H2,24,25,26);1H. The van der Waals surface area contributed by atoms with Crippen molar-refractivity contribution in [2.24, 2.45) is 10.9 Å². The minimum atomic E-state index is -4.11. The van der Waals surface area contributed by atoms with E-state index in [0.717, 1.165) is 5.56 Å². The molecule has 0 bridgehead atoms. The molecule has 0 aliphatic heterocycles. The number of methoxy groups -OCH3 is 1. The molecule has 1 aliphatic rings. The van der Waals surface area contributed by atoms with Crippen LogP contribution >= 0.6 is 24.0 Å². The fourth-order valence-electron chi connectivity index (χ4n) is 3.24. The van der Waals surface area contributed by atoms with Crippen molar-refractivity contribution in [2.45, 2.75) is 58.0 Å². The molecule has 28 heavy (non-hydrogen) atoms. The first-order valence-corrected chi connectivity index (χ1v) is 9.21. The first-order chi connectivity index (χ1) is 12.8. The van der Waals surface area contributed by atoms with Gasteiger partial charge in [-0.2, -0.15) is 13.2 Å². The van der Waals surface area contributed by atoms with Gasteiger partial charge in [0.05, 0.1) is 19.1 Å². The lowest BCUT2D eigenvalue weighted by molar-refractivity contribution is -0.182. The number of alkyl halides is 3. The Hall–Kier alpha value is -1.10. The fourth-order valence-corrected chi connectivity index (χ4v) is 3.24. The Labute approximate surface area is 180 Å². The summed E-state index contributed by atoms with van der Waals surface area (Å²) >= 11 is 0. The monoisotopic (exact) mass is 517 g/mol. The number of guanidine groups is 1. The lowest BCUT2D eigenvalue weighted by Crippen LogP contribution is -2.45. The number of halogens is 5. The number of rotatable bonds is 6. The van der Waals surface area contributed by atoms with Crippen molar-refractivity contribution in [2.75, 3.05) is 13.7 Å². The number of nitrogens with one attached hydrogen (secondary N) is 2. The van der Waals surface area contributed by atoms with Crippen molar-refractivity contribution < 1.29 is 22.3 Å². The summed E-state index contributed by atoms with van der Waals surface area (Å²) in [6, 6.07) is 4.73. The molecule has 0 heterocycles. The molecule has 1 saturated carbocycles. The van der Waals surface area contributed by atoms with Gasteiger partial charge in [-0.25, -0.2) is 9.38 Å². The summed E-state index contributed by atoms with van der Waals surface area (Å²) in [4.78, 5) is 4.49. The highest BCUT2D eigenvalue weighted by atomic mass is 127. The normalized spacial score (nSPS) is 20.4. The number of benzene rings is 1. The van der Waals surface area contributed by atoms with Crippen LogP contribution in [0.2, 0.25) is 0 Å². The van der Waals surface area contributed by atoms with E-state index in [1.54, 1.807) is 12.1 Å². The molecule has 1 aliphatic carbocycles. The molecular formula is C19H28F4IN3O. The first kappa shape index (κ1) is 24.9. The van der Waals surface area contributed by atoms with Crippen LogP contribution in [0.4, 0.5) is 17.6 Å². The Morgan fingerprint density at radius 1 is 1.21 bits per heavy atom. The van der Waals surface area contributed by atoms with Crippen LogP contribution in [0.1, 0.15) is 43.7 Å². The zero-order chi connectivity index (χ0) is 19.9. The number of aliphatic imine (C=N–C) groups is 1. The van der Waals surface area contributed by atoms with E-state index in [-0.39, 0.29) is 55.3 Å². The van der Waals surface area contributed by atoms with Gasteiger partial charge in [0.15, 0.2) is 5.96 Å². The van der Waals surface area contributed by atoms with E-state index in [1.165, 1.54) is 13.2 Å². The molecule has 2 rings (SSSR count). The molecule has 0 radical (unpaired) electrons. The maximum Gasteiger partial charge on any atom is 0.391 e. The first-order valence-electron chi connectivity index (χ1n) is 9.21. The molecule has 160 valence electrons. The van der Waals surface area contributed by atoms with E-state index in [1.807, 2.05) is 6.92 Å². The Morgan fingerprint density at radius 2 is 1.89 bits per heavy atom. The Morgan fingerprint density at radius 3 is 2.46 bits per heavy atom. The molecule has 0 atom stereocenters. The summed E-state index contributed by atoms with van der Waals surface area (Å²) in [5.41, 5.74) is 1.30. The second-order valence-corrected chi connectivity index (χ2v) is 6.79. The van der Waals surface area contributed by atoms with Crippen molar-refractivity contribution in [1.82, 2.24) is 10.6 Å². The minimum Gasteiger partial charge on any atom is -0.380 e. The van der Waals surface area contributed by atoms with Crippen molar-refractivity contribution in [3.8, 4) is 0 Å². The molecule has 0 saturated heterocycles. The average Bonchev–Trinajstić information content (AvgIpc) is 2.62. The van der Waals surface area contributed by atoms with Crippen LogP contribution in [0.3, 0.4) is 0 Å². The fraction of sp³-hybridized carbons (Fsp3) is 0.632. The number of hydrogen-bond acceptors (Lipinski definition) is 2. The average molecular weight is 517 g/mol. The Balaban J connectivity index is 0.00000392. The van der Waals surface area contributed by atoms with Crippen molar-refractivity contribution >= 4 is 29.9 Å². The molecular weight excluding hydrogens is 489 g/mol. The lowest BCUT2D eigenvalue weighted by Gasteiger charge is -2.31. The van der Waals surface area contributed by atoms with Crippen molar-refractivity contribution in [1.29, 1.82) is 0 Å². The summed E-state index contributed by atoms with van der Waals surface area (Å²) in [6.07, 6.45) is -2.91. The van der Waals surface area contributed by atoms with Gasteiger partial charge in [0.1, 0.15) is 5.82 Å². The summed E-state index contributed by atoms with van der Waals surface area (Å²) in [5.74, 6) is -0.963. The van der Waals surface area contributed by atoms with Crippen LogP contribution in [0.25, 0.3) is 0 Å². The van der Waals surface area contributed by atoms with Gasteiger partial charge in [-0.05, 0) is 50.3 Å². The number of ether oxygens (including phenoxy) is 1. The molecule has 0 unspecified atom stereocenters. The van der Waals surface area contributed by atoms with Gasteiger partial charge in [0.2, 0.25) is 0 Å².